The number of hydrogen-bond donors (Lipinski definition) is 1. The summed E-state index contributed by atoms with van der Waals surface area (Å²) >= 11 is 0. The minimum atomic E-state index is -0.311. The fourth-order valence-corrected chi connectivity index (χ4v) is 1.35. The van der Waals surface area contributed by atoms with Gasteiger partial charge in [-0.2, -0.15) is 0 Å². The van der Waals surface area contributed by atoms with Crippen LogP contribution in [0.2, 0.25) is 0 Å². The largest absolute Gasteiger partial charge is 0.395 e. The van der Waals surface area contributed by atoms with E-state index in [4.69, 9.17) is 5.11 Å². The van der Waals surface area contributed by atoms with Crippen LogP contribution < -0.4 is 0 Å². The van der Waals surface area contributed by atoms with Crippen LogP contribution in [0.25, 0.3) is 0 Å². The third kappa shape index (κ3) is 0.795. The van der Waals surface area contributed by atoms with Gasteiger partial charge >= 0.3 is 0 Å². The lowest BCUT2D eigenvalue weighted by atomic mass is 9.81. The molecule has 11 heavy (non-hydrogen) atoms. The summed E-state index contributed by atoms with van der Waals surface area (Å²) in [6, 6.07) is 0. The van der Waals surface area contributed by atoms with Crippen molar-refractivity contribution in [3.8, 4) is 0 Å². The van der Waals surface area contributed by atoms with Crippen molar-refractivity contribution in [2.45, 2.75) is 0 Å². The lowest BCUT2D eigenvalue weighted by Gasteiger charge is -2.23. The number of hydrogen-bond acceptors (Lipinski definition) is 2. The van der Waals surface area contributed by atoms with Crippen LogP contribution in [0.4, 0.5) is 0 Å². The van der Waals surface area contributed by atoms with E-state index in [1.165, 1.54) is 0 Å². The minimum Gasteiger partial charge on any atom is -0.395 e. The quantitative estimate of drug-likeness (QED) is 0.591. The van der Waals surface area contributed by atoms with Gasteiger partial charge in [-0.05, 0) is 5.57 Å². The van der Waals surface area contributed by atoms with Crippen molar-refractivity contribution in [2.24, 2.45) is 10.4 Å². The average molecular weight is 147 g/mol. The van der Waals surface area contributed by atoms with E-state index in [0.29, 0.717) is 0 Å². The molecular formula is C9H9NO. The molecule has 1 aliphatic heterocycles. The van der Waals surface area contributed by atoms with Gasteiger partial charge in [0.1, 0.15) is 0 Å². The van der Waals surface area contributed by atoms with E-state index in [1.54, 1.807) is 12.4 Å². The molecule has 2 rings (SSSR count). The van der Waals surface area contributed by atoms with Gasteiger partial charge in [-0.25, -0.2) is 0 Å². The van der Waals surface area contributed by atoms with Crippen molar-refractivity contribution in [3.63, 3.8) is 0 Å². The molecule has 2 nitrogen and oxygen atoms in total. The highest BCUT2D eigenvalue weighted by molar-refractivity contribution is 5.80. The Bertz CT molecular complexity index is 286. The minimum absolute atomic E-state index is 0.100. The van der Waals surface area contributed by atoms with Crippen LogP contribution >= 0.6 is 0 Å². The Morgan fingerprint density at radius 3 is 3.09 bits per heavy atom. The van der Waals surface area contributed by atoms with Crippen LogP contribution in [-0.2, 0) is 0 Å². The highest BCUT2D eigenvalue weighted by Gasteiger charge is 2.31. The van der Waals surface area contributed by atoms with Crippen molar-refractivity contribution < 1.29 is 5.11 Å². The topological polar surface area (TPSA) is 32.6 Å². The molecule has 1 atom stereocenters. The number of allylic oxidation sites excluding steroid dienone is 3. The van der Waals surface area contributed by atoms with Gasteiger partial charge in [0.2, 0.25) is 0 Å². The van der Waals surface area contributed by atoms with Gasteiger partial charge in [-0.3, -0.25) is 4.99 Å². The van der Waals surface area contributed by atoms with E-state index in [-0.39, 0.29) is 12.0 Å². The zero-order chi connectivity index (χ0) is 7.73. The number of aliphatic imine (C=N–C) groups is 1. The van der Waals surface area contributed by atoms with Gasteiger partial charge in [-0.15, -0.1) is 0 Å². The van der Waals surface area contributed by atoms with E-state index in [9.17, 15) is 0 Å². The van der Waals surface area contributed by atoms with E-state index < -0.39 is 0 Å². The molecule has 0 spiro atoms. The lowest BCUT2D eigenvalue weighted by molar-refractivity contribution is 0.247. The maximum Gasteiger partial charge on any atom is 0.0734 e. The average Bonchev–Trinajstić information content (AvgIpc) is 2.48. The molecule has 0 amide bonds. The fourth-order valence-electron chi connectivity index (χ4n) is 1.35. The normalized spacial score (nSPS) is 32.3. The molecule has 0 aromatic rings. The molecular weight excluding hydrogens is 138 g/mol. The lowest BCUT2D eigenvalue weighted by Crippen LogP contribution is -2.25. The van der Waals surface area contributed by atoms with Gasteiger partial charge in [0.05, 0.1) is 12.0 Å². The zero-order valence-corrected chi connectivity index (χ0v) is 6.07. The van der Waals surface area contributed by atoms with E-state index in [1.807, 2.05) is 24.3 Å². The maximum atomic E-state index is 9.13. The third-order valence-corrected chi connectivity index (χ3v) is 2.10. The van der Waals surface area contributed by atoms with Gasteiger partial charge < -0.3 is 5.11 Å². The Morgan fingerprint density at radius 2 is 2.36 bits per heavy atom. The van der Waals surface area contributed by atoms with E-state index >= 15 is 0 Å². The predicted octanol–water partition coefficient (Wildman–Crippen LogP) is 1.06. The third-order valence-electron chi connectivity index (χ3n) is 2.10. The van der Waals surface area contributed by atoms with Crippen molar-refractivity contribution >= 4 is 6.21 Å². The van der Waals surface area contributed by atoms with Crippen LogP contribution in [0, 0.1) is 5.41 Å². The van der Waals surface area contributed by atoms with Crippen LogP contribution in [0.3, 0.4) is 0 Å². The Labute approximate surface area is 65.3 Å². The zero-order valence-electron chi connectivity index (χ0n) is 6.07. The Morgan fingerprint density at radius 1 is 1.45 bits per heavy atom. The predicted molar refractivity (Wildman–Crippen MR) is 44.4 cm³/mol. The maximum absolute atomic E-state index is 9.13. The SMILES string of the molecule is OCC12C=CC=CC1=CN=C2. The molecule has 1 heterocycles. The van der Waals surface area contributed by atoms with Gasteiger partial charge in [-0.1, -0.05) is 24.3 Å². The molecule has 0 aromatic heterocycles. The molecule has 2 aliphatic rings. The van der Waals surface area contributed by atoms with Crippen molar-refractivity contribution in [1.29, 1.82) is 0 Å². The van der Waals surface area contributed by atoms with Crippen molar-refractivity contribution in [3.05, 3.63) is 36.1 Å². The van der Waals surface area contributed by atoms with Crippen molar-refractivity contribution in [1.82, 2.24) is 0 Å². The fraction of sp³-hybridized carbons (Fsp3) is 0.222. The van der Waals surface area contributed by atoms with Gasteiger partial charge in [0, 0.05) is 12.4 Å². The number of aliphatic hydroxyl groups excluding tert-OH is 1. The Kier molecular flexibility index (Phi) is 1.29. The van der Waals surface area contributed by atoms with E-state index in [2.05, 4.69) is 4.99 Å². The second-order valence-electron chi connectivity index (χ2n) is 2.78. The summed E-state index contributed by atoms with van der Waals surface area (Å²) < 4.78 is 0. The summed E-state index contributed by atoms with van der Waals surface area (Å²) in [5.74, 6) is 0. The first-order valence-electron chi connectivity index (χ1n) is 3.59. The molecule has 1 aliphatic carbocycles. The number of fused-ring (bicyclic) bond motifs is 1. The summed E-state index contributed by atoms with van der Waals surface area (Å²) in [5, 5.41) is 9.13. The molecule has 0 radical (unpaired) electrons. The first-order valence-corrected chi connectivity index (χ1v) is 3.59. The summed E-state index contributed by atoms with van der Waals surface area (Å²) in [7, 11) is 0. The van der Waals surface area contributed by atoms with Crippen LogP contribution in [0.15, 0.2) is 41.1 Å². The summed E-state index contributed by atoms with van der Waals surface area (Å²) in [6.07, 6.45) is 11.4. The number of nitrogens with zero attached hydrogens (tertiary/aromatic N) is 1. The Hall–Kier alpha value is -1.15. The molecule has 0 saturated carbocycles. The molecule has 2 heteroatoms. The molecule has 1 unspecified atom stereocenters. The molecule has 56 valence electrons. The summed E-state index contributed by atoms with van der Waals surface area (Å²) in [5.41, 5.74) is 0.761. The number of rotatable bonds is 1. The van der Waals surface area contributed by atoms with Crippen LogP contribution in [0.5, 0.6) is 0 Å². The molecule has 0 bridgehead atoms. The first-order chi connectivity index (χ1) is 5.37. The molecule has 1 N–H and O–H groups in total. The second-order valence-corrected chi connectivity index (χ2v) is 2.78. The summed E-state index contributed by atoms with van der Waals surface area (Å²) in [4.78, 5) is 4.02. The smallest absolute Gasteiger partial charge is 0.0734 e. The molecule has 0 saturated heterocycles. The van der Waals surface area contributed by atoms with Gasteiger partial charge in [0.15, 0.2) is 0 Å². The number of aliphatic hydroxyl groups is 1. The monoisotopic (exact) mass is 147 g/mol. The van der Waals surface area contributed by atoms with Crippen LogP contribution in [-0.4, -0.2) is 17.9 Å². The van der Waals surface area contributed by atoms with Crippen molar-refractivity contribution in [2.75, 3.05) is 6.61 Å². The highest BCUT2D eigenvalue weighted by Crippen LogP contribution is 2.34. The summed E-state index contributed by atoms with van der Waals surface area (Å²) in [6.45, 7) is 0.100. The van der Waals surface area contributed by atoms with E-state index in [0.717, 1.165) is 5.57 Å². The molecule has 0 fully saturated rings. The standard InChI is InChI=1S/C9H9NO/c11-7-9-4-2-1-3-8(9)5-10-6-9/h1-6,11H,7H2. The van der Waals surface area contributed by atoms with Crippen LogP contribution in [0.1, 0.15) is 0 Å². The second kappa shape index (κ2) is 2.17. The first kappa shape index (κ1) is 6.55. The highest BCUT2D eigenvalue weighted by atomic mass is 16.3. The van der Waals surface area contributed by atoms with Gasteiger partial charge in [0.25, 0.3) is 0 Å². The Balaban J connectivity index is 2.46. The molecule has 0 aromatic carbocycles.